The third kappa shape index (κ3) is 11.9. The van der Waals surface area contributed by atoms with Crippen molar-refractivity contribution < 1.29 is 53.8 Å². The number of oxime groups is 1. The molecule has 0 amide bonds. The van der Waals surface area contributed by atoms with Crippen molar-refractivity contribution >= 4 is 17.7 Å². The SMILES string of the molecule is CC[C@H]1OC(=O)[C@H](C)[C@@H](OC(=O)Cc2ccccc2)[C@H](C)[C@@H](O[C@@H]2O[C@H](C)C[C@H](N(C)C)[C@H]2O)[C@](C)(O)C[C@@H](C)/C(=N\OCCc2ccccc2)[C@H](C)[C@@H](O)[C@]1(C)O. The van der Waals surface area contributed by atoms with Gasteiger partial charge in [-0.1, -0.05) is 93.5 Å². The van der Waals surface area contributed by atoms with E-state index >= 15 is 0 Å². The lowest BCUT2D eigenvalue weighted by atomic mass is 9.73. The van der Waals surface area contributed by atoms with Crippen LogP contribution in [0.2, 0.25) is 0 Å². The Morgan fingerprint density at radius 1 is 0.931 bits per heavy atom. The summed E-state index contributed by atoms with van der Waals surface area (Å²) >= 11 is 0. The number of carbonyl (C=O) groups excluding carboxylic acids is 2. The molecule has 13 nitrogen and oxygen atoms in total. The third-order valence-electron chi connectivity index (χ3n) is 12.0. The second-order valence-corrected chi connectivity index (χ2v) is 17.2. The van der Waals surface area contributed by atoms with Crippen LogP contribution in [0, 0.1) is 23.7 Å². The Morgan fingerprint density at radius 2 is 1.53 bits per heavy atom. The van der Waals surface area contributed by atoms with Crippen molar-refractivity contribution in [3.05, 3.63) is 71.8 Å². The smallest absolute Gasteiger partial charge is 0.312 e. The number of esters is 2. The van der Waals surface area contributed by atoms with Crippen LogP contribution in [-0.4, -0.2) is 124 Å². The molecule has 324 valence electrons. The summed E-state index contributed by atoms with van der Waals surface area (Å²) in [6.07, 6.45) is -6.54. The van der Waals surface area contributed by atoms with Crippen LogP contribution in [0.5, 0.6) is 0 Å². The number of benzene rings is 2. The number of likely N-dealkylation sites (N-methyl/N-ethyl adjacent to an activating group) is 1. The number of cyclic esters (lactones) is 1. The maximum atomic E-state index is 14.2. The molecule has 0 aromatic heterocycles. The summed E-state index contributed by atoms with van der Waals surface area (Å²) < 4.78 is 25.1. The number of nitrogens with zero attached hydrogens (tertiary/aromatic N) is 2. The Kier molecular flexibility index (Phi) is 16.9. The minimum Gasteiger partial charge on any atom is -0.461 e. The van der Waals surface area contributed by atoms with Crippen LogP contribution >= 0.6 is 0 Å². The van der Waals surface area contributed by atoms with Crippen molar-refractivity contribution in [2.45, 2.75) is 148 Å². The van der Waals surface area contributed by atoms with E-state index < -0.39 is 83.6 Å². The summed E-state index contributed by atoms with van der Waals surface area (Å²) in [7, 11) is 3.72. The Bertz CT molecular complexity index is 1620. The fourth-order valence-corrected chi connectivity index (χ4v) is 8.68. The summed E-state index contributed by atoms with van der Waals surface area (Å²) in [6.45, 7) is 13.7. The monoisotopic (exact) mass is 812 g/mol. The van der Waals surface area contributed by atoms with Crippen molar-refractivity contribution in [2.75, 3.05) is 20.7 Å². The van der Waals surface area contributed by atoms with Crippen molar-refractivity contribution in [1.82, 2.24) is 4.90 Å². The highest BCUT2D eigenvalue weighted by atomic mass is 16.7. The number of rotatable bonds is 11. The number of ether oxygens (including phenoxy) is 4. The molecule has 2 fully saturated rings. The molecular formula is C45H68N2O11. The zero-order valence-electron chi connectivity index (χ0n) is 36.0. The number of hydrogen-bond donors (Lipinski definition) is 4. The minimum absolute atomic E-state index is 0.0156. The van der Waals surface area contributed by atoms with Crippen LogP contribution in [0.3, 0.4) is 0 Å². The van der Waals surface area contributed by atoms with Crippen molar-refractivity contribution in [2.24, 2.45) is 28.8 Å². The second kappa shape index (κ2) is 20.7. The lowest BCUT2D eigenvalue weighted by Gasteiger charge is -2.47. The van der Waals surface area contributed by atoms with E-state index in [9.17, 15) is 30.0 Å². The van der Waals surface area contributed by atoms with Gasteiger partial charge in [0.1, 0.15) is 30.5 Å². The van der Waals surface area contributed by atoms with Crippen molar-refractivity contribution in [3.8, 4) is 0 Å². The average Bonchev–Trinajstić information content (AvgIpc) is 3.17. The Hall–Kier alpha value is -3.43. The zero-order valence-corrected chi connectivity index (χ0v) is 36.0. The van der Waals surface area contributed by atoms with Crippen LogP contribution in [0.25, 0.3) is 0 Å². The van der Waals surface area contributed by atoms with Crippen molar-refractivity contribution in [1.29, 1.82) is 0 Å². The van der Waals surface area contributed by atoms with E-state index in [1.54, 1.807) is 46.8 Å². The lowest BCUT2D eigenvalue weighted by molar-refractivity contribution is -0.299. The van der Waals surface area contributed by atoms with Gasteiger partial charge >= 0.3 is 11.9 Å². The number of aliphatic hydroxyl groups excluding tert-OH is 2. The first-order valence-electron chi connectivity index (χ1n) is 20.7. The summed E-state index contributed by atoms with van der Waals surface area (Å²) in [6, 6.07) is 18.5. The molecule has 2 aromatic rings. The molecule has 0 radical (unpaired) electrons. The van der Waals surface area contributed by atoms with Gasteiger partial charge in [-0.2, -0.15) is 0 Å². The molecule has 2 aromatic carbocycles. The van der Waals surface area contributed by atoms with E-state index in [1.807, 2.05) is 81.4 Å². The summed E-state index contributed by atoms with van der Waals surface area (Å²) in [5.74, 6) is -4.84. The van der Waals surface area contributed by atoms with Gasteiger partial charge in [0, 0.05) is 30.2 Å². The lowest BCUT2D eigenvalue weighted by Crippen LogP contribution is -2.60. The molecule has 2 aliphatic rings. The molecule has 0 bridgehead atoms. The second-order valence-electron chi connectivity index (χ2n) is 17.2. The molecule has 2 saturated heterocycles. The zero-order chi connectivity index (χ0) is 42.9. The number of aliphatic hydroxyl groups is 4. The number of carbonyl (C=O) groups is 2. The van der Waals surface area contributed by atoms with E-state index in [2.05, 4.69) is 5.16 Å². The molecule has 58 heavy (non-hydrogen) atoms. The van der Waals surface area contributed by atoms with Crippen LogP contribution in [0.4, 0.5) is 0 Å². The van der Waals surface area contributed by atoms with Gasteiger partial charge in [0.25, 0.3) is 0 Å². The highest BCUT2D eigenvalue weighted by molar-refractivity contribution is 5.88. The van der Waals surface area contributed by atoms with Crippen LogP contribution < -0.4 is 0 Å². The van der Waals surface area contributed by atoms with Gasteiger partial charge in [0.2, 0.25) is 0 Å². The normalized spacial score (nSPS) is 37.5. The van der Waals surface area contributed by atoms with Gasteiger partial charge in [-0.15, -0.1) is 0 Å². The molecule has 4 rings (SSSR count). The number of hydrogen-bond acceptors (Lipinski definition) is 13. The van der Waals surface area contributed by atoms with Gasteiger partial charge in [-0.3, -0.25) is 9.59 Å². The van der Waals surface area contributed by atoms with E-state index in [4.69, 9.17) is 23.8 Å². The third-order valence-corrected chi connectivity index (χ3v) is 12.0. The largest absolute Gasteiger partial charge is 0.461 e. The maximum absolute atomic E-state index is 14.2. The molecule has 0 aliphatic carbocycles. The Labute approximate surface area is 344 Å². The van der Waals surface area contributed by atoms with E-state index in [0.29, 0.717) is 24.1 Å². The minimum atomic E-state index is -1.95. The summed E-state index contributed by atoms with van der Waals surface area (Å²) in [5, 5.41) is 52.7. The van der Waals surface area contributed by atoms with Gasteiger partial charge < -0.3 is 49.1 Å². The quantitative estimate of drug-likeness (QED) is 0.140. The highest BCUT2D eigenvalue weighted by Crippen LogP contribution is 2.39. The van der Waals surface area contributed by atoms with Crippen LogP contribution in [-0.2, 0) is 46.2 Å². The molecule has 2 heterocycles. The summed E-state index contributed by atoms with van der Waals surface area (Å²) in [5.41, 5.74) is -1.60. The fourth-order valence-electron chi connectivity index (χ4n) is 8.68. The van der Waals surface area contributed by atoms with Crippen LogP contribution in [0.15, 0.2) is 65.8 Å². The molecule has 0 saturated carbocycles. The molecule has 0 spiro atoms. The van der Waals surface area contributed by atoms with Gasteiger partial charge in [0.15, 0.2) is 6.29 Å². The molecule has 14 atom stereocenters. The Balaban J connectivity index is 1.82. The topological polar surface area (TPSA) is 177 Å². The average molecular weight is 813 g/mol. The van der Waals surface area contributed by atoms with E-state index in [-0.39, 0.29) is 38.0 Å². The van der Waals surface area contributed by atoms with E-state index in [0.717, 1.165) is 5.56 Å². The molecule has 4 N–H and O–H groups in total. The first kappa shape index (κ1) is 47.3. The highest BCUT2D eigenvalue weighted by Gasteiger charge is 2.52. The standard InChI is InChI=1S/C45H68N2O11/c1-11-35-45(8,53)40(50)29(4)37(46-54-23-22-32-18-14-12-15-19-32)27(2)26-44(7,52)41(58-43-38(49)34(47(9)10)24-28(3)55-43)30(5)39(31(6)42(51)56-35)57-36(48)25-33-20-16-13-17-21-33/h12-21,27-31,34-35,38-41,43,49-50,52-53H,11,22-26H2,1-10H3/b46-37+/t27-,28-,29+,30+,31-,34+,35-,38-,39+,40-,41-,43+,44-,45-/m1/s1. The van der Waals surface area contributed by atoms with Crippen molar-refractivity contribution in [3.63, 3.8) is 0 Å². The van der Waals surface area contributed by atoms with Gasteiger partial charge in [-0.05, 0) is 72.2 Å². The molecule has 13 heteroatoms. The predicted octanol–water partition coefficient (Wildman–Crippen LogP) is 4.70. The van der Waals surface area contributed by atoms with E-state index in [1.165, 1.54) is 6.92 Å². The first-order valence-corrected chi connectivity index (χ1v) is 20.7. The molecular weight excluding hydrogens is 744 g/mol. The first-order chi connectivity index (χ1) is 27.3. The van der Waals surface area contributed by atoms with Gasteiger partial charge in [0.05, 0.1) is 42.0 Å². The van der Waals surface area contributed by atoms with Crippen LogP contribution in [0.1, 0.15) is 85.8 Å². The predicted molar refractivity (Wildman–Crippen MR) is 220 cm³/mol. The molecule has 2 aliphatic heterocycles. The fraction of sp³-hybridized carbons (Fsp3) is 0.667. The molecule has 0 unspecified atom stereocenters. The maximum Gasteiger partial charge on any atom is 0.312 e. The van der Waals surface area contributed by atoms with Gasteiger partial charge in [-0.25, -0.2) is 0 Å². The summed E-state index contributed by atoms with van der Waals surface area (Å²) in [4.78, 5) is 35.6. The Morgan fingerprint density at radius 3 is 2.12 bits per heavy atom.